The van der Waals surface area contributed by atoms with Crippen molar-refractivity contribution in [2.24, 2.45) is 0 Å². The number of para-hydroxylation sites is 1. The number of rotatable bonds is 9. The first-order valence-corrected chi connectivity index (χ1v) is 9.05. The smallest absolute Gasteiger partial charge is 0.293 e. The highest BCUT2D eigenvalue weighted by Gasteiger charge is 2.18. The third-order valence-electron chi connectivity index (χ3n) is 4.33. The van der Waals surface area contributed by atoms with Crippen molar-refractivity contribution in [3.05, 3.63) is 64.2 Å². The molecule has 7 nitrogen and oxygen atoms in total. The maximum absolute atomic E-state index is 12.4. The molecule has 0 aliphatic rings. The fourth-order valence-corrected chi connectivity index (χ4v) is 2.80. The molecule has 0 atom stereocenters. The van der Waals surface area contributed by atoms with Gasteiger partial charge in [0.2, 0.25) is 0 Å². The van der Waals surface area contributed by atoms with Crippen molar-refractivity contribution >= 4 is 23.0 Å². The van der Waals surface area contributed by atoms with E-state index in [1.165, 1.54) is 6.07 Å². The van der Waals surface area contributed by atoms with E-state index in [0.717, 1.165) is 18.8 Å². The molecule has 0 fully saturated rings. The number of nitrogens with zero attached hydrogens (tertiary/aromatic N) is 2. The van der Waals surface area contributed by atoms with Crippen molar-refractivity contribution in [3.8, 4) is 0 Å². The molecule has 27 heavy (non-hydrogen) atoms. The highest BCUT2D eigenvalue weighted by molar-refractivity contribution is 5.95. The molecule has 144 valence electrons. The summed E-state index contributed by atoms with van der Waals surface area (Å²) in [5, 5.41) is 17.3. The maximum Gasteiger partial charge on any atom is 0.293 e. The highest BCUT2D eigenvalue weighted by atomic mass is 16.6. The minimum atomic E-state index is -0.486. The van der Waals surface area contributed by atoms with Gasteiger partial charge in [0.15, 0.2) is 0 Å². The number of nitro groups is 1. The Hall–Kier alpha value is -2.93. The lowest BCUT2D eigenvalue weighted by atomic mass is 10.1. The third-order valence-corrected chi connectivity index (χ3v) is 4.33. The number of carbonyl (C=O) groups is 1. The van der Waals surface area contributed by atoms with E-state index in [-0.39, 0.29) is 17.2 Å². The molecule has 2 N–H and O–H groups in total. The first-order chi connectivity index (χ1) is 12.9. The van der Waals surface area contributed by atoms with Gasteiger partial charge < -0.3 is 10.6 Å². The quantitative estimate of drug-likeness (QED) is 0.518. The van der Waals surface area contributed by atoms with Gasteiger partial charge in [-0.3, -0.25) is 19.8 Å². The van der Waals surface area contributed by atoms with Crippen LogP contribution in [-0.2, 0) is 0 Å². The molecule has 0 radical (unpaired) electrons. The van der Waals surface area contributed by atoms with Gasteiger partial charge >= 0.3 is 0 Å². The number of likely N-dealkylation sites (N-methyl/N-ethyl adjacent to an activating group) is 1. The largest absolute Gasteiger partial charge is 0.351 e. The number of nitro benzene ring substituents is 1. The average Bonchev–Trinajstić information content (AvgIpc) is 2.65. The van der Waals surface area contributed by atoms with Crippen LogP contribution < -0.4 is 10.6 Å². The molecule has 7 heteroatoms. The van der Waals surface area contributed by atoms with E-state index < -0.39 is 4.92 Å². The van der Waals surface area contributed by atoms with Crippen molar-refractivity contribution in [2.45, 2.75) is 26.8 Å². The zero-order valence-corrected chi connectivity index (χ0v) is 15.9. The first kappa shape index (κ1) is 20.4. The number of hydrogen-bond donors (Lipinski definition) is 2. The Labute approximate surface area is 159 Å². The zero-order chi connectivity index (χ0) is 19.8. The Balaban J connectivity index is 2.08. The number of amides is 1. The molecule has 0 spiro atoms. The van der Waals surface area contributed by atoms with Gasteiger partial charge in [-0.05, 0) is 44.7 Å². The summed E-state index contributed by atoms with van der Waals surface area (Å²) in [7, 11) is 0. The Morgan fingerprint density at radius 1 is 1.19 bits per heavy atom. The second-order valence-electron chi connectivity index (χ2n) is 6.46. The first-order valence-electron chi connectivity index (χ1n) is 9.05. The van der Waals surface area contributed by atoms with Gasteiger partial charge in [-0.25, -0.2) is 0 Å². The molecular formula is C20H26N4O3. The summed E-state index contributed by atoms with van der Waals surface area (Å²) in [6.07, 6.45) is 0. The van der Waals surface area contributed by atoms with Crippen LogP contribution in [0.5, 0.6) is 0 Å². The summed E-state index contributed by atoms with van der Waals surface area (Å²) in [6, 6.07) is 14.0. The minimum Gasteiger partial charge on any atom is -0.351 e. The number of anilines is 2. The van der Waals surface area contributed by atoms with Crippen LogP contribution in [0.1, 0.15) is 31.1 Å². The summed E-state index contributed by atoms with van der Waals surface area (Å²) in [6.45, 7) is 8.40. The molecule has 2 rings (SSSR count). The van der Waals surface area contributed by atoms with Crippen molar-refractivity contribution in [3.63, 3.8) is 0 Å². The molecule has 2 aromatic rings. The molecule has 0 saturated heterocycles. The van der Waals surface area contributed by atoms with E-state index >= 15 is 0 Å². The molecule has 2 aromatic carbocycles. The molecule has 0 aliphatic carbocycles. The Morgan fingerprint density at radius 2 is 1.89 bits per heavy atom. The molecule has 0 heterocycles. The lowest BCUT2D eigenvalue weighted by Crippen LogP contribution is -2.38. The second kappa shape index (κ2) is 9.68. The summed E-state index contributed by atoms with van der Waals surface area (Å²) >= 11 is 0. The van der Waals surface area contributed by atoms with E-state index in [4.69, 9.17) is 0 Å². The monoisotopic (exact) mass is 370 g/mol. The van der Waals surface area contributed by atoms with Gasteiger partial charge in [0.25, 0.3) is 11.6 Å². The van der Waals surface area contributed by atoms with E-state index in [2.05, 4.69) is 36.3 Å². The van der Waals surface area contributed by atoms with Crippen LogP contribution >= 0.6 is 0 Å². The van der Waals surface area contributed by atoms with Crippen molar-refractivity contribution in [2.75, 3.05) is 25.0 Å². The SMILES string of the molecule is CCN(CCNC(=O)c1ccc(Nc2ccccc2)c([N+](=O)[O-])c1)C(C)C. The van der Waals surface area contributed by atoms with Gasteiger partial charge in [0.05, 0.1) is 4.92 Å². The van der Waals surface area contributed by atoms with Crippen molar-refractivity contribution in [1.29, 1.82) is 0 Å². The van der Waals surface area contributed by atoms with Crippen LogP contribution in [0.15, 0.2) is 48.5 Å². The standard InChI is InChI=1S/C20H26N4O3/c1-4-23(15(2)3)13-12-21-20(25)16-10-11-18(19(14-16)24(26)27)22-17-8-6-5-7-9-17/h5-11,14-15,22H,4,12-13H2,1-3H3,(H,21,25). The number of carbonyl (C=O) groups excluding carboxylic acids is 1. The van der Waals surface area contributed by atoms with Crippen LogP contribution in [0.4, 0.5) is 17.1 Å². The number of nitrogens with one attached hydrogen (secondary N) is 2. The Bertz CT molecular complexity index is 778. The van der Waals surface area contributed by atoms with Crippen LogP contribution in [0.3, 0.4) is 0 Å². The molecule has 0 saturated carbocycles. The predicted octanol–water partition coefficient (Wildman–Crippen LogP) is 3.80. The van der Waals surface area contributed by atoms with E-state index in [9.17, 15) is 14.9 Å². The normalized spacial score (nSPS) is 10.9. The summed E-state index contributed by atoms with van der Waals surface area (Å²) in [5.74, 6) is -0.316. The topological polar surface area (TPSA) is 87.5 Å². The second-order valence-corrected chi connectivity index (χ2v) is 6.46. The fraction of sp³-hybridized carbons (Fsp3) is 0.350. The molecule has 1 amide bonds. The van der Waals surface area contributed by atoms with E-state index in [0.29, 0.717) is 18.3 Å². The highest BCUT2D eigenvalue weighted by Crippen LogP contribution is 2.28. The van der Waals surface area contributed by atoms with Crippen LogP contribution in [0.25, 0.3) is 0 Å². The van der Waals surface area contributed by atoms with E-state index in [1.54, 1.807) is 12.1 Å². The molecule has 0 aromatic heterocycles. The minimum absolute atomic E-state index is 0.135. The Kier molecular flexibility index (Phi) is 7.31. The van der Waals surface area contributed by atoms with Gasteiger partial charge in [-0.1, -0.05) is 25.1 Å². The van der Waals surface area contributed by atoms with Gasteiger partial charge in [0, 0.05) is 36.4 Å². The maximum atomic E-state index is 12.4. The summed E-state index contributed by atoms with van der Waals surface area (Å²) in [5.41, 5.74) is 1.22. The molecule has 0 unspecified atom stereocenters. The summed E-state index contributed by atoms with van der Waals surface area (Å²) in [4.78, 5) is 25.5. The summed E-state index contributed by atoms with van der Waals surface area (Å²) < 4.78 is 0. The van der Waals surface area contributed by atoms with Crippen LogP contribution in [0, 0.1) is 10.1 Å². The third kappa shape index (κ3) is 5.79. The van der Waals surface area contributed by atoms with Gasteiger partial charge in [-0.15, -0.1) is 0 Å². The van der Waals surface area contributed by atoms with Crippen molar-refractivity contribution < 1.29 is 9.72 Å². The number of benzene rings is 2. The van der Waals surface area contributed by atoms with Crippen LogP contribution in [-0.4, -0.2) is 41.4 Å². The van der Waals surface area contributed by atoms with Crippen molar-refractivity contribution in [1.82, 2.24) is 10.2 Å². The molecular weight excluding hydrogens is 344 g/mol. The van der Waals surface area contributed by atoms with E-state index in [1.807, 2.05) is 30.3 Å². The average molecular weight is 370 g/mol. The zero-order valence-electron chi connectivity index (χ0n) is 15.9. The van der Waals surface area contributed by atoms with Gasteiger partial charge in [-0.2, -0.15) is 0 Å². The van der Waals surface area contributed by atoms with Crippen LogP contribution in [0.2, 0.25) is 0 Å². The predicted molar refractivity (Wildman–Crippen MR) is 108 cm³/mol. The fourth-order valence-electron chi connectivity index (χ4n) is 2.80. The lowest BCUT2D eigenvalue weighted by molar-refractivity contribution is -0.383. The van der Waals surface area contributed by atoms with Gasteiger partial charge in [0.1, 0.15) is 5.69 Å². The molecule has 0 aliphatic heterocycles. The number of hydrogen-bond acceptors (Lipinski definition) is 5. The lowest BCUT2D eigenvalue weighted by Gasteiger charge is -2.24. The Morgan fingerprint density at radius 3 is 2.48 bits per heavy atom. The molecule has 0 bridgehead atoms.